The molecule has 0 fully saturated rings. The number of hydrogen-bond donors (Lipinski definition) is 0. The molecule has 7 nitrogen and oxygen atoms in total. The van der Waals surface area contributed by atoms with Crippen LogP contribution >= 0.6 is 0 Å². The molecule has 4 aromatic rings. The van der Waals surface area contributed by atoms with Crippen LogP contribution in [0.25, 0.3) is 22.2 Å². The number of aryl methyl sites for hydroxylation is 1. The maximum atomic E-state index is 12.6. The predicted octanol–water partition coefficient (Wildman–Crippen LogP) is 3.54. The van der Waals surface area contributed by atoms with E-state index in [2.05, 4.69) is 20.1 Å². The van der Waals surface area contributed by atoms with Gasteiger partial charge in [0.1, 0.15) is 5.82 Å². The summed E-state index contributed by atoms with van der Waals surface area (Å²) in [5, 5.41) is 6.18. The fourth-order valence-electron chi connectivity index (χ4n) is 3.09. The number of rotatable bonds is 5. The van der Waals surface area contributed by atoms with Crippen molar-refractivity contribution in [3.63, 3.8) is 0 Å². The molecule has 28 heavy (non-hydrogen) atoms. The molecule has 4 heterocycles. The molecule has 7 heteroatoms. The number of carbonyl (C=O) groups is 1. The minimum absolute atomic E-state index is 0.00953. The molecule has 4 aromatic heterocycles. The summed E-state index contributed by atoms with van der Waals surface area (Å²) in [6.07, 6.45) is 9.04. The lowest BCUT2D eigenvalue weighted by atomic mass is 10.1. The van der Waals surface area contributed by atoms with E-state index in [1.54, 1.807) is 29.5 Å². The zero-order chi connectivity index (χ0) is 19.8. The van der Waals surface area contributed by atoms with Crippen LogP contribution < -0.4 is 0 Å². The second-order valence-electron chi connectivity index (χ2n) is 7.24. The first-order chi connectivity index (χ1) is 13.4. The Bertz CT molecular complexity index is 1170. The highest BCUT2D eigenvalue weighted by atomic mass is 16.1. The van der Waals surface area contributed by atoms with Gasteiger partial charge < -0.3 is 4.57 Å². The Balaban J connectivity index is 1.62. The molecule has 0 radical (unpaired) electrons. The van der Waals surface area contributed by atoms with Gasteiger partial charge in [-0.2, -0.15) is 5.10 Å². The number of imidazole rings is 1. The minimum Gasteiger partial charge on any atom is -0.330 e. The van der Waals surface area contributed by atoms with Crippen LogP contribution in [0.15, 0.2) is 43.1 Å². The molecule has 4 rings (SSSR count). The zero-order valence-electron chi connectivity index (χ0n) is 16.4. The molecule has 0 atom stereocenters. The Hall–Kier alpha value is -3.35. The number of pyridine rings is 2. The maximum Gasteiger partial charge on any atom is 0.171 e. The van der Waals surface area contributed by atoms with Gasteiger partial charge in [-0.3, -0.25) is 19.4 Å². The summed E-state index contributed by atoms with van der Waals surface area (Å²) in [5.41, 5.74) is 3.14. The number of Topliss-reactive ketones (excluding diaryl/α,β-unsaturated/α-hetero) is 1. The van der Waals surface area contributed by atoms with Crippen LogP contribution in [0.5, 0.6) is 0 Å². The minimum atomic E-state index is 0.00953. The molecule has 0 aromatic carbocycles. The molecule has 0 amide bonds. The van der Waals surface area contributed by atoms with Gasteiger partial charge in [-0.05, 0) is 38.3 Å². The number of ketones is 1. The lowest BCUT2D eigenvalue weighted by Crippen LogP contribution is -2.05. The first-order valence-corrected chi connectivity index (χ1v) is 9.23. The second-order valence-corrected chi connectivity index (χ2v) is 7.24. The van der Waals surface area contributed by atoms with Crippen LogP contribution in [0.3, 0.4) is 0 Å². The molecule has 0 saturated carbocycles. The highest BCUT2D eigenvalue weighted by Crippen LogP contribution is 2.23. The largest absolute Gasteiger partial charge is 0.330 e. The molecule has 142 valence electrons. The third kappa shape index (κ3) is 3.31. The van der Waals surface area contributed by atoms with Crippen LogP contribution in [0.2, 0.25) is 0 Å². The van der Waals surface area contributed by atoms with Gasteiger partial charge in [0.2, 0.25) is 0 Å². The average Bonchev–Trinajstić information content (AvgIpc) is 3.29. The summed E-state index contributed by atoms with van der Waals surface area (Å²) in [6.45, 7) is 6.02. The molecule has 0 aliphatic heterocycles. The Morgan fingerprint density at radius 1 is 1.04 bits per heavy atom. The number of aromatic nitrogens is 6. The topological polar surface area (TPSA) is 78.5 Å². The third-order valence-electron chi connectivity index (χ3n) is 4.94. The summed E-state index contributed by atoms with van der Waals surface area (Å²) in [5.74, 6) is 0.940. The number of fused-ring (bicyclic) bond motifs is 1. The van der Waals surface area contributed by atoms with E-state index in [0.29, 0.717) is 5.56 Å². The van der Waals surface area contributed by atoms with Gasteiger partial charge in [-0.25, -0.2) is 4.98 Å². The maximum absolute atomic E-state index is 12.6. The number of hydrogen-bond acceptors (Lipinski definition) is 5. The predicted molar refractivity (Wildman–Crippen MR) is 107 cm³/mol. The average molecular weight is 374 g/mol. The summed E-state index contributed by atoms with van der Waals surface area (Å²) in [6, 6.07) is 4.19. The number of nitrogens with zero attached hydrogens (tertiary/aromatic N) is 6. The van der Waals surface area contributed by atoms with E-state index in [1.165, 1.54) is 0 Å². The van der Waals surface area contributed by atoms with E-state index in [9.17, 15) is 4.79 Å². The molecule has 0 spiro atoms. The van der Waals surface area contributed by atoms with E-state index in [4.69, 9.17) is 0 Å². The molecule has 0 aliphatic carbocycles. The fraction of sp³-hybridized carbons (Fsp3) is 0.286. The summed E-state index contributed by atoms with van der Waals surface area (Å²) >= 11 is 0. The highest BCUT2D eigenvalue weighted by molar-refractivity contribution is 5.97. The lowest BCUT2D eigenvalue weighted by Gasteiger charge is -2.06. The first kappa shape index (κ1) is 18.0. The van der Waals surface area contributed by atoms with E-state index >= 15 is 0 Å². The third-order valence-corrected chi connectivity index (χ3v) is 4.94. The van der Waals surface area contributed by atoms with E-state index in [-0.39, 0.29) is 18.2 Å². The number of carbonyl (C=O) groups excluding carboxylic acids is 1. The summed E-state index contributed by atoms with van der Waals surface area (Å²) in [4.78, 5) is 25.9. The molecular weight excluding hydrogens is 352 g/mol. The van der Waals surface area contributed by atoms with Gasteiger partial charge >= 0.3 is 0 Å². The van der Waals surface area contributed by atoms with E-state index in [1.807, 2.05) is 50.7 Å². The van der Waals surface area contributed by atoms with Crippen LogP contribution in [-0.4, -0.2) is 35.1 Å². The van der Waals surface area contributed by atoms with Gasteiger partial charge in [0.25, 0.3) is 0 Å². The van der Waals surface area contributed by atoms with Gasteiger partial charge in [0.15, 0.2) is 5.78 Å². The van der Waals surface area contributed by atoms with Crippen LogP contribution in [0.1, 0.15) is 41.8 Å². The highest BCUT2D eigenvalue weighted by Gasteiger charge is 2.13. The normalized spacial score (nSPS) is 11.5. The SMILES string of the molecule is Cc1ncc(-c2cc3cc(CC(=O)c4cnn(C(C)C)c4)ncc3cn2)n1C. The standard InChI is InChI=1S/C21H22N6O/c1-13(2)27-12-17(10-25-27)21(28)7-18-5-15-6-19(24-9-16(15)8-23-18)20-11-22-14(3)26(20)4/h5-6,8-13H,7H2,1-4H3. The molecule has 0 N–H and O–H groups in total. The quantitative estimate of drug-likeness (QED) is 0.499. The summed E-state index contributed by atoms with van der Waals surface area (Å²) < 4.78 is 3.79. The monoisotopic (exact) mass is 374 g/mol. The smallest absolute Gasteiger partial charge is 0.171 e. The van der Waals surface area contributed by atoms with Crippen LogP contribution in [0.4, 0.5) is 0 Å². The molecule has 0 saturated heterocycles. The van der Waals surface area contributed by atoms with E-state index < -0.39 is 0 Å². The molecule has 0 aliphatic rings. The van der Waals surface area contributed by atoms with E-state index in [0.717, 1.165) is 33.7 Å². The van der Waals surface area contributed by atoms with Crippen molar-refractivity contribution in [1.29, 1.82) is 0 Å². The van der Waals surface area contributed by atoms with Gasteiger partial charge in [0.05, 0.1) is 35.8 Å². The molecule has 0 bridgehead atoms. The molecule has 0 unspecified atom stereocenters. The fourth-order valence-corrected chi connectivity index (χ4v) is 3.09. The first-order valence-electron chi connectivity index (χ1n) is 9.23. The van der Waals surface area contributed by atoms with Crippen LogP contribution in [-0.2, 0) is 13.5 Å². The van der Waals surface area contributed by atoms with Crippen molar-refractivity contribution in [1.82, 2.24) is 29.3 Å². The van der Waals surface area contributed by atoms with Gasteiger partial charge in [0, 0.05) is 42.8 Å². The Kier molecular flexibility index (Phi) is 4.50. The van der Waals surface area contributed by atoms with Crippen molar-refractivity contribution < 1.29 is 4.79 Å². The van der Waals surface area contributed by atoms with Gasteiger partial charge in [-0.1, -0.05) is 0 Å². The van der Waals surface area contributed by atoms with Gasteiger partial charge in [-0.15, -0.1) is 0 Å². The Morgan fingerprint density at radius 2 is 1.82 bits per heavy atom. The van der Waals surface area contributed by atoms with Crippen molar-refractivity contribution in [2.45, 2.75) is 33.2 Å². The zero-order valence-corrected chi connectivity index (χ0v) is 16.4. The Labute approximate surface area is 163 Å². The second kappa shape index (κ2) is 6.99. The van der Waals surface area contributed by atoms with Crippen molar-refractivity contribution in [3.8, 4) is 11.4 Å². The van der Waals surface area contributed by atoms with Crippen molar-refractivity contribution in [3.05, 3.63) is 60.2 Å². The van der Waals surface area contributed by atoms with Crippen LogP contribution in [0, 0.1) is 6.92 Å². The lowest BCUT2D eigenvalue weighted by molar-refractivity contribution is 0.0992. The van der Waals surface area contributed by atoms with Crippen molar-refractivity contribution in [2.75, 3.05) is 0 Å². The Morgan fingerprint density at radius 3 is 2.50 bits per heavy atom. The van der Waals surface area contributed by atoms with Crippen molar-refractivity contribution in [2.24, 2.45) is 7.05 Å². The summed E-state index contributed by atoms with van der Waals surface area (Å²) in [7, 11) is 1.97. The molecular formula is C21H22N6O. The van der Waals surface area contributed by atoms with Crippen molar-refractivity contribution >= 4 is 16.6 Å².